The number of rotatable bonds is 7. The van der Waals surface area contributed by atoms with Crippen LogP contribution in [0.2, 0.25) is 0 Å². The molecule has 1 heterocycles. The van der Waals surface area contributed by atoms with Crippen molar-refractivity contribution in [3.8, 4) is 6.07 Å². The number of benzene rings is 1. The average Bonchev–Trinajstić information content (AvgIpc) is 2.65. The van der Waals surface area contributed by atoms with Crippen molar-refractivity contribution < 1.29 is 14.3 Å². The number of nitrogens with zero attached hydrogens (tertiary/aromatic N) is 3. The Morgan fingerprint density at radius 3 is 2.41 bits per heavy atom. The molecule has 0 spiro atoms. The molecular weight excluding hydrogens is 342 g/mol. The molecular formula is C21H25N3O3. The molecule has 6 nitrogen and oxygen atoms in total. The molecule has 0 fully saturated rings. The van der Waals surface area contributed by atoms with Gasteiger partial charge in [-0.3, -0.25) is 14.5 Å². The van der Waals surface area contributed by atoms with Gasteiger partial charge in [-0.2, -0.15) is 5.26 Å². The van der Waals surface area contributed by atoms with E-state index in [9.17, 15) is 14.9 Å². The molecule has 1 aromatic carbocycles. The van der Waals surface area contributed by atoms with E-state index < -0.39 is 5.91 Å². The number of carbonyl (C=O) groups is 2. The first-order valence-corrected chi connectivity index (χ1v) is 8.95. The molecule has 1 aliphatic rings. The van der Waals surface area contributed by atoms with Crippen molar-refractivity contribution in [2.75, 3.05) is 38.8 Å². The van der Waals surface area contributed by atoms with Gasteiger partial charge in [-0.1, -0.05) is 12.1 Å². The van der Waals surface area contributed by atoms with Gasteiger partial charge in [-0.05, 0) is 49.6 Å². The van der Waals surface area contributed by atoms with E-state index in [0.717, 1.165) is 16.2 Å². The van der Waals surface area contributed by atoms with Crippen molar-refractivity contribution in [2.45, 2.75) is 20.3 Å². The predicted octanol–water partition coefficient (Wildman–Crippen LogP) is 2.77. The highest BCUT2D eigenvalue weighted by molar-refractivity contribution is 6.19. The molecule has 0 atom stereocenters. The smallest absolute Gasteiger partial charge is 0.271 e. The fraction of sp³-hybridized carbons (Fsp3) is 0.381. The van der Waals surface area contributed by atoms with E-state index in [-0.39, 0.29) is 18.0 Å². The van der Waals surface area contributed by atoms with E-state index in [0.29, 0.717) is 30.8 Å². The summed E-state index contributed by atoms with van der Waals surface area (Å²) in [6.45, 7) is 4.81. The van der Waals surface area contributed by atoms with Crippen LogP contribution in [0.25, 0.3) is 6.08 Å². The summed E-state index contributed by atoms with van der Waals surface area (Å²) < 4.78 is 5.28. The summed E-state index contributed by atoms with van der Waals surface area (Å²) >= 11 is 0. The fourth-order valence-corrected chi connectivity index (χ4v) is 2.84. The first-order valence-electron chi connectivity index (χ1n) is 8.95. The summed E-state index contributed by atoms with van der Waals surface area (Å²) in [4.78, 5) is 28.5. The Morgan fingerprint density at radius 2 is 1.85 bits per heavy atom. The largest absolute Gasteiger partial charge is 0.382 e. The van der Waals surface area contributed by atoms with Gasteiger partial charge < -0.3 is 9.64 Å². The van der Waals surface area contributed by atoms with Crippen LogP contribution in [0.4, 0.5) is 5.69 Å². The number of imide groups is 1. The minimum absolute atomic E-state index is 0.0159. The lowest BCUT2D eigenvalue weighted by molar-refractivity contribution is -0.140. The number of hydrogen-bond acceptors (Lipinski definition) is 5. The van der Waals surface area contributed by atoms with Crippen LogP contribution in [0, 0.1) is 11.3 Å². The Bertz CT molecular complexity index is 814. The molecule has 0 bridgehead atoms. The summed E-state index contributed by atoms with van der Waals surface area (Å²) in [5.74, 6) is -0.902. The standard InChI is InChI=1S/C21H25N3O3/c1-5-27-12-6-11-24-20(25)18(15(2)19(14-22)21(24)26)13-16-7-9-17(10-8-16)23(3)4/h7-10,13H,5-6,11-12H2,1-4H3/b18-13+. The third-order valence-electron chi connectivity index (χ3n) is 4.42. The highest BCUT2D eigenvalue weighted by Gasteiger charge is 2.34. The van der Waals surface area contributed by atoms with Crippen LogP contribution >= 0.6 is 0 Å². The lowest BCUT2D eigenvalue weighted by Gasteiger charge is -2.27. The van der Waals surface area contributed by atoms with Crippen LogP contribution in [0.15, 0.2) is 41.0 Å². The van der Waals surface area contributed by atoms with Crippen molar-refractivity contribution >= 4 is 23.6 Å². The normalized spacial score (nSPS) is 16.1. The molecule has 0 unspecified atom stereocenters. The molecule has 2 rings (SSSR count). The van der Waals surface area contributed by atoms with Gasteiger partial charge in [0.25, 0.3) is 11.8 Å². The maximum atomic E-state index is 12.9. The van der Waals surface area contributed by atoms with E-state index in [1.165, 1.54) is 0 Å². The Morgan fingerprint density at radius 1 is 1.19 bits per heavy atom. The molecule has 0 aromatic heterocycles. The summed E-state index contributed by atoms with van der Waals surface area (Å²) in [6, 6.07) is 9.67. The van der Waals surface area contributed by atoms with Crippen LogP contribution < -0.4 is 4.90 Å². The third kappa shape index (κ3) is 4.63. The van der Waals surface area contributed by atoms with Gasteiger partial charge in [-0.15, -0.1) is 0 Å². The maximum absolute atomic E-state index is 12.9. The van der Waals surface area contributed by atoms with E-state index in [4.69, 9.17) is 4.74 Å². The zero-order valence-electron chi connectivity index (χ0n) is 16.3. The second-order valence-corrected chi connectivity index (χ2v) is 6.47. The number of carbonyl (C=O) groups excluding carboxylic acids is 2. The Labute approximate surface area is 160 Å². The number of anilines is 1. The van der Waals surface area contributed by atoms with Gasteiger partial charge in [0.1, 0.15) is 11.6 Å². The van der Waals surface area contributed by atoms with Gasteiger partial charge in [0.2, 0.25) is 0 Å². The van der Waals surface area contributed by atoms with Crippen LogP contribution in [0.3, 0.4) is 0 Å². The molecule has 6 heteroatoms. The molecule has 1 aliphatic heterocycles. The highest BCUT2D eigenvalue weighted by Crippen LogP contribution is 2.27. The minimum Gasteiger partial charge on any atom is -0.382 e. The number of ether oxygens (including phenoxy) is 1. The highest BCUT2D eigenvalue weighted by atomic mass is 16.5. The van der Waals surface area contributed by atoms with Crippen molar-refractivity contribution in [1.29, 1.82) is 5.26 Å². The summed E-state index contributed by atoms with van der Waals surface area (Å²) in [6.07, 6.45) is 2.27. The number of hydrogen-bond donors (Lipinski definition) is 0. The van der Waals surface area contributed by atoms with Crippen LogP contribution in [0.1, 0.15) is 25.8 Å². The second kappa shape index (κ2) is 9.15. The van der Waals surface area contributed by atoms with Crippen molar-refractivity contribution in [2.24, 2.45) is 0 Å². The van der Waals surface area contributed by atoms with Crippen molar-refractivity contribution in [3.63, 3.8) is 0 Å². The van der Waals surface area contributed by atoms with Crippen LogP contribution in [-0.2, 0) is 14.3 Å². The average molecular weight is 367 g/mol. The Hall–Kier alpha value is -2.91. The quantitative estimate of drug-likeness (QED) is 0.421. The maximum Gasteiger partial charge on any atom is 0.271 e. The van der Waals surface area contributed by atoms with E-state index in [1.807, 2.05) is 56.3 Å². The molecule has 0 saturated carbocycles. The van der Waals surface area contributed by atoms with E-state index in [2.05, 4.69) is 0 Å². The first-order chi connectivity index (χ1) is 12.9. The van der Waals surface area contributed by atoms with Crippen LogP contribution in [0.5, 0.6) is 0 Å². The lowest BCUT2D eigenvalue weighted by Crippen LogP contribution is -2.43. The lowest BCUT2D eigenvalue weighted by atomic mass is 9.93. The molecule has 0 saturated heterocycles. The molecule has 142 valence electrons. The molecule has 1 aromatic rings. The third-order valence-corrected chi connectivity index (χ3v) is 4.42. The Kier molecular flexibility index (Phi) is 6.91. The second-order valence-electron chi connectivity index (χ2n) is 6.47. The van der Waals surface area contributed by atoms with Gasteiger partial charge in [0, 0.05) is 45.1 Å². The zero-order valence-corrected chi connectivity index (χ0v) is 16.3. The van der Waals surface area contributed by atoms with Crippen molar-refractivity contribution in [3.05, 3.63) is 46.5 Å². The minimum atomic E-state index is -0.531. The van der Waals surface area contributed by atoms with Gasteiger partial charge >= 0.3 is 0 Å². The SMILES string of the molecule is CCOCCCN1C(=O)C(C#N)=C(C)/C(=C\c2ccc(N(C)C)cc2)C1=O. The zero-order chi connectivity index (χ0) is 20.0. The van der Waals surface area contributed by atoms with Crippen LogP contribution in [-0.4, -0.2) is 50.6 Å². The summed E-state index contributed by atoms with van der Waals surface area (Å²) in [7, 11) is 3.91. The van der Waals surface area contributed by atoms with E-state index in [1.54, 1.807) is 13.0 Å². The molecule has 0 radical (unpaired) electrons. The van der Waals surface area contributed by atoms with Crippen molar-refractivity contribution in [1.82, 2.24) is 4.90 Å². The number of nitriles is 1. The fourth-order valence-electron chi connectivity index (χ4n) is 2.84. The van der Waals surface area contributed by atoms with Gasteiger partial charge in [-0.25, -0.2) is 0 Å². The number of amides is 2. The Balaban J connectivity index is 2.35. The monoisotopic (exact) mass is 367 g/mol. The first kappa shape index (κ1) is 20.4. The molecule has 27 heavy (non-hydrogen) atoms. The van der Waals surface area contributed by atoms with E-state index >= 15 is 0 Å². The topological polar surface area (TPSA) is 73.6 Å². The van der Waals surface area contributed by atoms with Gasteiger partial charge in [0.05, 0.1) is 0 Å². The molecule has 0 aliphatic carbocycles. The predicted molar refractivity (Wildman–Crippen MR) is 105 cm³/mol. The molecule has 2 amide bonds. The summed E-state index contributed by atoms with van der Waals surface area (Å²) in [5, 5.41) is 9.40. The summed E-state index contributed by atoms with van der Waals surface area (Å²) in [5.41, 5.74) is 2.70. The molecule has 0 N–H and O–H groups in total. The van der Waals surface area contributed by atoms with Gasteiger partial charge in [0.15, 0.2) is 0 Å².